The number of phenols is 1. The number of phenolic OH excluding ortho intramolecular Hbond substituents is 1. The number of benzene rings is 1. The molecule has 0 saturated heterocycles. The van der Waals surface area contributed by atoms with Gasteiger partial charge in [0.15, 0.2) is 0 Å². The fourth-order valence-corrected chi connectivity index (χ4v) is 2.32. The van der Waals surface area contributed by atoms with E-state index in [1.165, 1.54) is 17.4 Å². The van der Waals surface area contributed by atoms with Crippen LogP contribution in [-0.4, -0.2) is 10.2 Å². The van der Waals surface area contributed by atoms with Gasteiger partial charge >= 0.3 is 0 Å². The van der Waals surface area contributed by atoms with Gasteiger partial charge in [0.2, 0.25) is 0 Å². The minimum Gasteiger partial charge on any atom is -0.508 e. The van der Waals surface area contributed by atoms with E-state index < -0.39 is 0 Å². The Kier molecular flexibility index (Phi) is 1.86. The van der Waals surface area contributed by atoms with Gasteiger partial charge in [0, 0.05) is 15.5 Å². The Bertz CT molecular complexity index is 450. The molecular formula is C9H9NO2S. The number of hydrogen-bond donors (Lipinski definition) is 3. The van der Waals surface area contributed by atoms with Crippen LogP contribution in [0, 0.1) is 0 Å². The summed E-state index contributed by atoms with van der Waals surface area (Å²) in [6.07, 6.45) is 0. The SMILES string of the molecule is Nc1csc2cc(O)cc(CO)c12. The molecule has 0 radical (unpaired) electrons. The Morgan fingerprint density at radius 2 is 2.15 bits per heavy atom. The van der Waals surface area contributed by atoms with E-state index in [0.717, 1.165) is 10.1 Å². The number of aliphatic hydroxyl groups is 1. The van der Waals surface area contributed by atoms with Crippen molar-refractivity contribution in [2.45, 2.75) is 6.61 Å². The number of aliphatic hydroxyl groups excluding tert-OH is 1. The monoisotopic (exact) mass is 195 g/mol. The second kappa shape index (κ2) is 2.90. The van der Waals surface area contributed by atoms with Gasteiger partial charge < -0.3 is 15.9 Å². The lowest BCUT2D eigenvalue weighted by atomic mass is 10.1. The second-order valence-corrected chi connectivity index (χ2v) is 3.74. The molecule has 0 unspecified atom stereocenters. The lowest BCUT2D eigenvalue weighted by Gasteiger charge is -2.01. The Morgan fingerprint density at radius 1 is 1.38 bits per heavy atom. The molecule has 1 aromatic heterocycles. The molecule has 0 atom stereocenters. The Labute approximate surface area is 79.0 Å². The number of anilines is 1. The first kappa shape index (κ1) is 8.34. The second-order valence-electron chi connectivity index (χ2n) is 2.83. The summed E-state index contributed by atoms with van der Waals surface area (Å²) in [5.41, 5.74) is 7.05. The van der Waals surface area contributed by atoms with Crippen LogP contribution in [0.25, 0.3) is 10.1 Å². The third-order valence-electron chi connectivity index (χ3n) is 1.94. The highest BCUT2D eigenvalue weighted by Crippen LogP contribution is 2.34. The Balaban J connectivity index is 2.85. The van der Waals surface area contributed by atoms with Crippen molar-refractivity contribution in [1.82, 2.24) is 0 Å². The standard InChI is InChI=1S/C9H9NO2S/c10-7-4-13-8-2-6(12)1-5(3-11)9(7)8/h1-2,4,11-12H,3,10H2. The first-order valence-corrected chi connectivity index (χ1v) is 4.69. The molecule has 13 heavy (non-hydrogen) atoms. The normalized spacial score (nSPS) is 10.8. The average molecular weight is 195 g/mol. The summed E-state index contributed by atoms with van der Waals surface area (Å²) in [5, 5.41) is 21.0. The highest BCUT2D eigenvalue weighted by Gasteiger charge is 2.07. The van der Waals surface area contributed by atoms with E-state index in [2.05, 4.69) is 0 Å². The van der Waals surface area contributed by atoms with E-state index in [1.807, 2.05) is 5.38 Å². The molecule has 1 heterocycles. The van der Waals surface area contributed by atoms with E-state index in [-0.39, 0.29) is 12.4 Å². The summed E-state index contributed by atoms with van der Waals surface area (Å²) in [7, 11) is 0. The van der Waals surface area contributed by atoms with Crippen LogP contribution in [0.5, 0.6) is 5.75 Å². The fourth-order valence-electron chi connectivity index (χ4n) is 1.39. The zero-order chi connectivity index (χ0) is 9.42. The fraction of sp³-hybridized carbons (Fsp3) is 0.111. The summed E-state index contributed by atoms with van der Waals surface area (Å²) in [4.78, 5) is 0. The quantitative estimate of drug-likeness (QED) is 0.648. The van der Waals surface area contributed by atoms with E-state index in [4.69, 9.17) is 10.8 Å². The van der Waals surface area contributed by atoms with Gasteiger partial charge in [-0.05, 0) is 17.7 Å². The number of hydrogen-bond acceptors (Lipinski definition) is 4. The van der Waals surface area contributed by atoms with Gasteiger partial charge in [0.1, 0.15) is 5.75 Å². The molecule has 2 aromatic rings. The topological polar surface area (TPSA) is 66.5 Å². The summed E-state index contributed by atoms with van der Waals surface area (Å²) < 4.78 is 0.904. The average Bonchev–Trinajstić information content (AvgIpc) is 2.46. The molecule has 0 aliphatic rings. The van der Waals surface area contributed by atoms with Crippen molar-refractivity contribution in [3.63, 3.8) is 0 Å². The first-order chi connectivity index (χ1) is 6.22. The van der Waals surface area contributed by atoms with Gasteiger partial charge in [-0.1, -0.05) is 0 Å². The molecule has 0 aliphatic heterocycles. The number of nitrogens with two attached hydrogens (primary N) is 1. The molecule has 4 N–H and O–H groups in total. The number of thiophene rings is 1. The van der Waals surface area contributed by atoms with Crippen LogP contribution in [0.4, 0.5) is 5.69 Å². The number of nitrogen functional groups attached to an aromatic ring is 1. The zero-order valence-corrected chi connectivity index (χ0v) is 7.64. The first-order valence-electron chi connectivity index (χ1n) is 3.82. The van der Waals surface area contributed by atoms with Crippen LogP contribution in [0.3, 0.4) is 0 Å². The molecule has 0 aliphatic carbocycles. The Hall–Kier alpha value is -1.26. The van der Waals surface area contributed by atoms with Gasteiger partial charge in [-0.3, -0.25) is 0 Å². The largest absolute Gasteiger partial charge is 0.508 e. The summed E-state index contributed by atoms with van der Waals surface area (Å²) in [6, 6.07) is 3.18. The molecular weight excluding hydrogens is 186 g/mol. The molecule has 68 valence electrons. The molecule has 3 nitrogen and oxygen atoms in total. The zero-order valence-electron chi connectivity index (χ0n) is 6.82. The molecule has 4 heteroatoms. The molecule has 1 aromatic carbocycles. The Morgan fingerprint density at radius 3 is 2.85 bits per heavy atom. The van der Waals surface area contributed by atoms with Crippen molar-refractivity contribution in [3.05, 3.63) is 23.1 Å². The van der Waals surface area contributed by atoms with Crippen molar-refractivity contribution in [3.8, 4) is 5.75 Å². The molecule has 0 saturated carbocycles. The lowest BCUT2D eigenvalue weighted by molar-refractivity contribution is 0.283. The van der Waals surface area contributed by atoms with Crippen LogP contribution in [0.15, 0.2) is 17.5 Å². The van der Waals surface area contributed by atoms with E-state index >= 15 is 0 Å². The maximum Gasteiger partial charge on any atom is 0.117 e. The smallest absolute Gasteiger partial charge is 0.117 e. The molecule has 2 rings (SSSR count). The van der Waals surface area contributed by atoms with Crippen LogP contribution < -0.4 is 5.73 Å². The van der Waals surface area contributed by atoms with Crippen molar-refractivity contribution in [1.29, 1.82) is 0 Å². The van der Waals surface area contributed by atoms with Crippen LogP contribution in [0.1, 0.15) is 5.56 Å². The summed E-state index contributed by atoms with van der Waals surface area (Å²) in [6.45, 7) is -0.105. The highest BCUT2D eigenvalue weighted by molar-refractivity contribution is 7.17. The predicted molar refractivity (Wildman–Crippen MR) is 53.8 cm³/mol. The van der Waals surface area contributed by atoms with E-state index in [0.29, 0.717) is 11.3 Å². The van der Waals surface area contributed by atoms with Crippen molar-refractivity contribution in [2.75, 3.05) is 5.73 Å². The molecule has 0 bridgehead atoms. The minimum atomic E-state index is -0.105. The van der Waals surface area contributed by atoms with Gasteiger partial charge in [0.25, 0.3) is 0 Å². The van der Waals surface area contributed by atoms with Crippen molar-refractivity contribution < 1.29 is 10.2 Å². The number of aromatic hydroxyl groups is 1. The van der Waals surface area contributed by atoms with Crippen molar-refractivity contribution in [2.24, 2.45) is 0 Å². The molecule has 0 amide bonds. The summed E-state index contributed by atoms with van der Waals surface area (Å²) in [5.74, 6) is 0.165. The van der Waals surface area contributed by atoms with Gasteiger partial charge in [-0.2, -0.15) is 0 Å². The molecule has 0 fully saturated rings. The lowest BCUT2D eigenvalue weighted by Crippen LogP contribution is -1.88. The predicted octanol–water partition coefficient (Wildman–Crippen LogP) is 1.68. The van der Waals surface area contributed by atoms with E-state index in [1.54, 1.807) is 6.07 Å². The van der Waals surface area contributed by atoms with E-state index in [9.17, 15) is 5.11 Å². The van der Waals surface area contributed by atoms with Crippen molar-refractivity contribution >= 4 is 27.1 Å². The van der Waals surface area contributed by atoms with Crippen LogP contribution >= 0.6 is 11.3 Å². The molecule has 0 spiro atoms. The maximum absolute atomic E-state index is 9.31. The maximum atomic E-state index is 9.31. The van der Waals surface area contributed by atoms with Gasteiger partial charge in [-0.25, -0.2) is 0 Å². The van der Waals surface area contributed by atoms with Crippen LogP contribution in [0.2, 0.25) is 0 Å². The van der Waals surface area contributed by atoms with Crippen LogP contribution in [-0.2, 0) is 6.61 Å². The summed E-state index contributed by atoms with van der Waals surface area (Å²) >= 11 is 1.46. The highest BCUT2D eigenvalue weighted by atomic mass is 32.1. The third-order valence-corrected chi connectivity index (χ3v) is 2.89. The number of rotatable bonds is 1. The number of fused-ring (bicyclic) bond motifs is 1. The van der Waals surface area contributed by atoms with Gasteiger partial charge in [-0.15, -0.1) is 11.3 Å². The third kappa shape index (κ3) is 1.24. The van der Waals surface area contributed by atoms with Gasteiger partial charge in [0.05, 0.1) is 12.3 Å². The minimum absolute atomic E-state index is 0.105.